The molecule has 0 heterocycles. The third-order valence-corrected chi connectivity index (χ3v) is 4.72. The minimum absolute atomic E-state index is 1.03. The second-order valence-electron chi connectivity index (χ2n) is 8.11. The number of benzene rings is 2. The first-order valence-electron chi connectivity index (χ1n) is 11.8. The van der Waals surface area contributed by atoms with Crippen LogP contribution in [0.3, 0.4) is 0 Å². The zero-order chi connectivity index (χ0) is 23.1. The van der Waals surface area contributed by atoms with Crippen LogP contribution in [0.15, 0.2) is 42.0 Å². The first kappa shape index (κ1) is 27.9. The Morgan fingerprint density at radius 1 is 0.767 bits per heavy atom. The molecule has 0 bridgehead atoms. The first-order chi connectivity index (χ1) is 14.3. The van der Waals surface area contributed by atoms with E-state index >= 15 is 0 Å². The molecule has 2 rings (SSSR count). The van der Waals surface area contributed by atoms with Gasteiger partial charge in [0.1, 0.15) is 0 Å². The van der Waals surface area contributed by atoms with E-state index in [0.717, 1.165) is 12.8 Å². The van der Waals surface area contributed by atoms with Crippen LogP contribution < -0.4 is 0 Å². The van der Waals surface area contributed by atoms with Gasteiger partial charge in [-0.3, -0.25) is 0 Å². The summed E-state index contributed by atoms with van der Waals surface area (Å²) >= 11 is 0. The van der Waals surface area contributed by atoms with E-state index < -0.39 is 0 Å². The fourth-order valence-electron chi connectivity index (χ4n) is 3.19. The molecule has 0 radical (unpaired) electrons. The minimum atomic E-state index is 1.03. The largest absolute Gasteiger partial charge is 0.0815 e. The quantitative estimate of drug-likeness (QED) is 0.331. The molecule has 0 nitrogen and oxygen atoms in total. The van der Waals surface area contributed by atoms with Crippen LogP contribution in [0.4, 0.5) is 0 Å². The standard InChI is InChI=1S/C25H32.C3H8.C2H6/c1-7-8-24-17-23(11-9-18(2)3)21(6)16-25(24)14-13-22-12-10-19(4)15-20(22)5;1-3-2;1-2/h9-10,12-17H,7-8,11H2,1-6H3;3H2,1-2H3;1-2H3/b14-13+;;. The van der Waals surface area contributed by atoms with Crippen LogP contribution in [0.1, 0.15) is 100 Å². The highest BCUT2D eigenvalue weighted by Crippen LogP contribution is 2.22. The molecule has 0 aliphatic heterocycles. The van der Waals surface area contributed by atoms with Crippen LogP contribution in [0.5, 0.6) is 0 Å². The van der Waals surface area contributed by atoms with Gasteiger partial charge in [0.05, 0.1) is 0 Å². The highest BCUT2D eigenvalue weighted by molar-refractivity contribution is 5.73. The fraction of sp³-hybridized carbons (Fsp3) is 0.467. The van der Waals surface area contributed by atoms with Crippen molar-refractivity contribution in [3.8, 4) is 0 Å². The molecule has 0 amide bonds. The van der Waals surface area contributed by atoms with E-state index in [4.69, 9.17) is 0 Å². The highest BCUT2D eigenvalue weighted by atomic mass is 14.1. The Kier molecular flexibility index (Phi) is 14.6. The molecule has 0 aliphatic carbocycles. The van der Waals surface area contributed by atoms with Crippen LogP contribution in [-0.4, -0.2) is 0 Å². The van der Waals surface area contributed by atoms with Gasteiger partial charge in [-0.05, 0) is 80.8 Å². The van der Waals surface area contributed by atoms with E-state index in [1.807, 2.05) is 13.8 Å². The lowest BCUT2D eigenvalue weighted by atomic mass is 9.93. The van der Waals surface area contributed by atoms with E-state index in [1.54, 1.807) is 0 Å². The SMILES string of the molecule is CC.CCC.CCCc1cc(CC=C(C)C)c(C)cc1/C=C/c1ccc(C)cc1C. The fourth-order valence-corrected chi connectivity index (χ4v) is 3.19. The second kappa shape index (κ2) is 15.7. The Morgan fingerprint density at radius 3 is 1.90 bits per heavy atom. The summed E-state index contributed by atoms with van der Waals surface area (Å²) in [5.41, 5.74) is 11.0. The van der Waals surface area contributed by atoms with E-state index in [9.17, 15) is 0 Å². The molecule has 0 saturated heterocycles. The summed E-state index contributed by atoms with van der Waals surface area (Å²) in [5, 5.41) is 0. The summed E-state index contributed by atoms with van der Waals surface area (Å²) < 4.78 is 0. The summed E-state index contributed by atoms with van der Waals surface area (Å²) in [5.74, 6) is 0. The monoisotopic (exact) mass is 406 g/mol. The first-order valence-corrected chi connectivity index (χ1v) is 11.8. The van der Waals surface area contributed by atoms with Crippen LogP contribution in [0.2, 0.25) is 0 Å². The zero-order valence-electron chi connectivity index (χ0n) is 21.4. The Hall–Kier alpha value is -2.08. The molecule has 0 unspecified atom stereocenters. The maximum atomic E-state index is 2.42. The lowest BCUT2D eigenvalue weighted by molar-refractivity contribution is 0.915. The van der Waals surface area contributed by atoms with Gasteiger partial charge in [0.15, 0.2) is 0 Å². The maximum Gasteiger partial charge on any atom is -0.00922 e. The molecule has 0 spiro atoms. The van der Waals surface area contributed by atoms with E-state index in [-0.39, 0.29) is 0 Å². The molecule has 0 aromatic heterocycles. The third-order valence-electron chi connectivity index (χ3n) is 4.72. The van der Waals surface area contributed by atoms with Gasteiger partial charge in [-0.15, -0.1) is 0 Å². The molecule has 0 heteroatoms. The van der Waals surface area contributed by atoms with Gasteiger partial charge in [0.2, 0.25) is 0 Å². The van der Waals surface area contributed by atoms with Crippen molar-refractivity contribution in [2.45, 2.75) is 94.9 Å². The summed E-state index contributed by atoms with van der Waals surface area (Å²) in [6.07, 6.45) is 11.5. The zero-order valence-corrected chi connectivity index (χ0v) is 21.4. The molecular formula is C30H46. The van der Waals surface area contributed by atoms with Crippen molar-refractivity contribution < 1.29 is 0 Å². The Balaban J connectivity index is 0.00000154. The number of hydrogen-bond donors (Lipinski definition) is 0. The van der Waals surface area contributed by atoms with Gasteiger partial charge >= 0.3 is 0 Å². The molecule has 2 aromatic carbocycles. The lowest BCUT2D eigenvalue weighted by Crippen LogP contribution is -1.96. The van der Waals surface area contributed by atoms with E-state index in [2.05, 4.69) is 104 Å². The third kappa shape index (κ3) is 10.1. The summed E-state index contributed by atoms with van der Waals surface area (Å²) in [4.78, 5) is 0. The number of allylic oxidation sites excluding steroid dienone is 2. The van der Waals surface area contributed by atoms with Gasteiger partial charge in [0, 0.05) is 0 Å². The van der Waals surface area contributed by atoms with Gasteiger partial charge < -0.3 is 0 Å². The molecular weight excluding hydrogens is 360 g/mol. The van der Waals surface area contributed by atoms with Crippen molar-refractivity contribution in [1.82, 2.24) is 0 Å². The van der Waals surface area contributed by atoms with Crippen molar-refractivity contribution in [2.75, 3.05) is 0 Å². The average molecular weight is 407 g/mol. The molecule has 30 heavy (non-hydrogen) atoms. The highest BCUT2D eigenvalue weighted by Gasteiger charge is 2.05. The van der Waals surface area contributed by atoms with Crippen molar-refractivity contribution in [3.63, 3.8) is 0 Å². The normalized spacial score (nSPS) is 10.1. The minimum Gasteiger partial charge on any atom is -0.0815 e. The van der Waals surface area contributed by atoms with Crippen LogP contribution in [0.25, 0.3) is 12.2 Å². The Labute approximate surface area is 188 Å². The van der Waals surface area contributed by atoms with Gasteiger partial charge in [-0.2, -0.15) is 0 Å². The molecule has 0 N–H and O–H groups in total. The topological polar surface area (TPSA) is 0 Å². The van der Waals surface area contributed by atoms with Gasteiger partial charge in [0.25, 0.3) is 0 Å². The molecule has 0 fully saturated rings. The van der Waals surface area contributed by atoms with Crippen molar-refractivity contribution >= 4 is 12.2 Å². The van der Waals surface area contributed by atoms with Crippen LogP contribution in [0, 0.1) is 20.8 Å². The molecule has 166 valence electrons. The van der Waals surface area contributed by atoms with E-state index in [0.29, 0.717) is 0 Å². The smallest absolute Gasteiger partial charge is 0.00922 e. The van der Waals surface area contributed by atoms with E-state index in [1.165, 1.54) is 57.4 Å². The summed E-state index contributed by atoms with van der Waals surface area (Å²) in [6, 6.07) is 11.4. The number of rotatable bonds is 6. The van der Waals surface area contributed by atoms with Crippen molar-refractivity contribution in [1.29, 1.82) is 0 Å². The lowest BCUT2D eigenvalue weighted by Gasteiger charge is -2.12. The predicted molar refractivity (Wildman–Crippen MR) is 140 cm³/mol. The number of aryl methyl sites for hydroxylation is 4. The van der Waals surface area contributed by atoms with Gasteiger partial charge in [-0.1, -0.05) is 107 Å². The second-order valence-corrected chi connectivity index (χ2v) is 8.11. The molecule has 2 aromatic rings. The van der Waals surface area contributed by atoms with Crippen LogP contribution in [-0.2, 0) is 12.8 Å². The van der Waals surface area contributed by atoms with Gasteiger partial charge in [-0.25, -0.2) is 0 Å². The Morgan fingerprint density at radius 2 is 1.37 bits per heavy atom. The molecule has 0 saturated carbocycles. The van der Waals surface area contributed by atoms with Crippen molar-refractivity contribution in [2.24, 2.45) is 0 Å². The summed E-state index contributed by atoms with van der Waals surface area (Å²) in [7, 11) is 0. The maximum absolute atomic E-state index is 2.42. The molecule has 0 atom stereocenters. The van der Waals surface area contributed by atoms with Crippen LogP contribution >= 0.6 is 0 Å². The average Bonchev–Trinajstić information content (AvgIpc) is 2.70. The number of hydrogen-bond acceptors (Lipinski definition) is 0. The molecule has 0 aliphatic rings. The predicted octanol–water partition coefficient (Wildman–Crippen LogP) is 9.69. The van der Waals surface area contributed by atoms with Crippen molar-refractivity contribution in [3.05, 3.63) is 80.9 Å². The summed E-state index contributed by atoms with van der Waals surface area (Å²) in [6.45, 7) is 21.4. The Bertz CT molecular complexity index is 799.